The van der Waals surface area contributed by atoms with Gasteiger partial charge in [0.25, 0.3) is 0 Å². The van der Waals surface area contributed by atoms with E-state index in [2.05, 4.69) is 15.2 Å². The molecule has 0 spiro atoms. The Balaban J connectivity index is 1.31. The van der Waals surface area contributed by atoms with E-state index in [0.29, 0.717) is 29.7 Å². The van der Waals surface area contributed by atoms with Crippen molar-refractivity contribution in [3.05, 3.63) is 72.6 Å². The van der Waals surface area contributed by atoms with E-state index in [9.17, 15) is 4.39 Å². The van der Waals surface area contributed by atoms with Crippen LogP contribution in [0.25, 0.3) is 32.9 Å². The first-order valence-corrected chi connectivity index (χ1v) is 13.5. The number of nitrogens with zero attached hydrogens (tertiary/aromatic N) is 5. The summed E-state index contributed by atoms with van der Waals surface area (Å²) in [5.74, 6) is 0.0910. The van der Waals surface area contributed by atoms with Gasteiger partial charge in [-0.15, -0.1) is 0 Å². The fraction of sp³-hybridized carbons (Fsp3) is 0.300. The lowest BCUT2D eigenvalue weighted by Crippen LogP contribution is -2.43. The summed E-state index contributed by atoms with van der Waals surface area (Å²) >= 11 is 0. The van der Waals surface area contributed by atoms with Crippen LogP contribution in [0.4, 0.5) is 14.6 Å². The monoisotopic (exact) mass is 540 g/mol. The van der Waals surface area contributed by atoms with Crippen LogP contribution in [0.3, 0.4) is 0 Å². The maximum absolute atomic E-state index is 16.6. The summed E-state index contributed by atoms with van der Waals surface area (Å²) in [7, 11) is 0. The van der Waals surface area contributed by atoms with Crippen LogP contribution in [0.1, 0.15) is 19.3 Å². The summed E-state index contributed by atoms with van der Waals surface area (Å²) in [6.07, 6.45) is 6.75. The molecule has 0 saturated carbocycles. The summed E-state index contributed by atoms with van der Waals surface area (Å²) in [5, 5.41) is 5.29. The minimum Gasteiger partial charge on any atom is -0.471 e. The lowest BCUT2D eigenvalue weighted by atomic mass is 9.95. The number of benzene rings is 2. The molecule has 40 heavy (non-hydrogen) atoms. The van der Waals surface area contributed by atoms with Crippen LogP contribution in [0.15, 0.2) is 66.8 Å². The van der Waals surface area contributed by atoms with Gasteiger partial charge in [-0.1, -0.05) is 42.5 Å². The molecular formula is C30H26F2N6O2. The minimum atomic E-state index is -0.878. The first-order chi connectivity index (χ1) is 19.6. The highest BCUT2D eigenvalue weighted by Crippen LogP contribution is 2.43. The summed E-state index contributed by atoms with van der Waals surface area (Å²) in [5.41, 5.74) is 1.24. The third-order valence-electron chi connectivity index (χ3n) is 8.45. The van der Waals surface area contributed by atoms with Crippen LogP contribution < -0.4 is 19.7 Å². The fourth-order valence-corrected chi connectivity index (χ4v) is 6.59. The molecule has 2 aromatic carbocycles. The molecule has 1 N–H and O–H groups in total. The van der Waals surface area contributed by atoms with Crippen LogP contribution in [0.2, 0.25) is 0 Å². The first kappa shape index (κ1) is 23.6. The van der Waals surface area contributed by atoms with Crippen molar-refractivity contribution in [3.8, 4) is 23.1 Å². The minimum absolute atomic E-state index is 0.0409. The van der Waals surface area contributed by atoms with Gasteiger partial charge in [0.2, 0.25) is 5.88 Å². The Labute approximate surface area is 228 Å². The van der Waals surface area contributed by atoms with E-state index in [-0.39, 0.29) is 41.9 Å². The van der Waals surface area contributed by atoms with E-state index < -0.39 is 12.0 Å². The number of hydrogen-bond donors (Lipinski definition) is 1. The number of pyridine rings is 1. The van der Waals surface area contributed by atoms with Gasteiger partial charge in [-0.25, -0.2) is 13.8 Å². The molecule has 202 valence electrons. The average molecular weight is 541 g/mol. The largest absolute Gasteiger partial charge is 0.471 e. The highest BCUT2D eigenvalue weighted by atomic mass is 19.1. The van der Waals surface area contributed by atoms with Gasteiger partial charge in [-0.05, 0) is 30.2 Å². The zero-order valence-electron chi connectivity index (χ0n) is 21.6. The van der Waals surface area contributed by atoms with E-state index in [1.165, 1.54) is 0 Å². The molecule has 2 saturated heterocycles. The quantitative estimate of drug-likeness (QED) is 0.385. The zero-order valence-corrected chi connectivity index (χ0v) is 21.6. The molecule has 0 bridgehead atoms. The molecule has 4 aliphatic rings. The van der Waals surface area contributed by atoms with E-state index in [1.54, 1.807) is 18.6 Å². The Morgan fingerprint density at radius 1 is 1.12 bits per heavy atom. The van der Waals surface area contributed by atoms with Crippen molar-refractivity contribution in [2.45, 2.75) is 31.0 Å². The van der Waals surface area contributed by atoms with Gasteiger partial charge in [-0.3, -0.25) is 9.80 Å². The highest BCUT2D eigenvalue weighted by Gasteiger charge is 2.49. The first-order valence-electron chi connectivity index (χ1n) is 13.5. The number of fused-ring (bicyclic) bond motifs is 4. The lowest BCUT2D eigenvalue weighted by molar-refractivity contribution is 0.107. The Bertz CT molecular complexity index is 1740. The highest BCUT2D eigenvalue weighted by molar-refractivity contribution is 6.01. The fourth-order valence-electron chi connectivity index (χ4n) is 6.59. The van der Waals surface area contributed by atoms with Gasteiger partial charge in [-0.2, -0.15) is 9.97 Å². The number of alkyl halides is 1. The number of halogens is 2. The molecule has 8 nitrogen and oxygen atoms in total. The van der Waals surface area contributed by atoms with E-state index in [4.69, 9.17) is 19.4 Å². The molecule has 8 rings (SSSR count). The van der Waals surface area contributed by atoms with Crippen molar-refractivity contribution in [1.29, 1.82) is 0 Å². The number of anilines is 1. The van der Waals surface area contributed by atoms with Gasteiger partial charge < -0.3 is 14.8 Å². The van der Waals surface area contributed by atoms with Crippen LogP contribution in [-0.2, 0) is 0 Å². The third kappa shape index (κ3) is 3.55. The Morgan fingerprint density at radius 3 is 2.98 bits per heavy atom. The molecular weight excluding hydrogens is 514 g/mol. The molecule has 2 atom stereocenters. The maximum atomic E-state index is 16.6. The van der Waals surface area contributed by atoms with Gasteiger partial charge in [0.1, 0.15) is 36.0 Å². The second kappa shape index (κ2) is 8.85. The third-order valence-corrected chi connectivity index (χ3v) is 8.45. The molecule has 0 aliphatic carbocycles. The van der Waals surface area contributed by atoms with Crippen LogP contribution in [0, 0.1) is 5.82 Å². The number of hydrogen-bond acceptors (Lipinski definition) is 8. The SMILES string of the molecule is Fc1c(-c2cccc3ccccc23)nc2c3c(nc(OC[C@@]45CCCN4C[C@H](F)C5)nc13)N1C=CNC=C1CO2. The van der Waals surface area contributed by atoms with E-state index in [1.807, 2.05) is 47.4 Å². The van der Waals surface area contributed by atoms with Gasteiger partial charge in [0.05, 0.1) is 11.2 Å². The molecule has 2 fully saturated rings. The zero-order chi connectivity index (χ0) is 26.8. The second-order valence-electron chi connectivity index (χ2n) is 10.8. The van der Waals surface area contributed by atoms with Crippen molar-refractivity contribution in [3.63, 3.8) is 0 Å². The maximum Gasteiger partial charge on any atom is 0.319 e. The lowest BCUT2D eigenvalue weighted by Gasteiger charge is -2.31. The normalized spacial score (nSPS) is 23.4. The van der Waals surface area contributed by atoms with Crippen molar-refractivity contribution in [2.75, 3.05) is 31.2 Å². The van der Waals surface area contributed by atoms with Gasteiger partial charge in [0.15, 0.2) is 11.6 Å². The smallest absolute Gasteiger partial charge is 0.319 e. The van der Waals surface area contributed by atoms with Crippen LogP contribution in [0.5, 0.6) is 11.9 Å². The number of nitrogens with one attached hydrogen (secondary N) is 1. The molecule has 6 heterocycles. The summed E-state index contributed by atoms with van der Waals surface area (Å²) < 4.78 is 43.3. The topological polar surface area (TPSA) is 75.6 Å². The van der Waals surface area contributed by atoms with E-state index >= 15 is 4.39 Å². The van der Waals surface area contributed by atoms with Crippen LogP contribution >= 0.6 is 0 Å². The van der Waals surface area contributed by atoms with E-state index in [0.717, 1.165) is 35.9 Å². The number of ether oxygens (including phenoxy) is 2. The number of rotatable bonds is 4. The van der Waals surface area contributed by atoms with Gasteiger partial charge >= 0.3 is 6.01 Å². The van der Waals surface area contributed by atoms with Crippen molar-refractivity contribution in [1.82, 2.24) is 25.2 Å². The summed E-state index contributed by atoms with van der Waals surface area (Å²) in [4.78, 5) is 18.0. The molecule has 4 aliphatic heterocycles. The molecule has 10 heteroatoms. The predicted octanol–water partition coefficient (Wildman–Crippen LogP) is 5.05. The van der Waals surface area contributed by atoms with Crippen LogP contribution in [-0.4, -0.2) is 57.9 Å². The molecule has 0 amide bonds. The number of aromatic nitrogens is 3. The van der Waals surface area contributed by atoms with Crippen molar-refractivity contribution in [2.24, 2.45) is 0 Å². The Hall–Kier alpha value is -4.31. The van der Waals surface area contributed by atoms with Crippen molar-refractivity contribution < 1.29 is 18.3 Å². The van der Waals surface area contributed by atoms with Crippen molar-refractivity contribution >= 4 is 27.5 Å². The summed E-state index contributed by atoms with van der Waals surface area (Å²) in [6, 6.07) is 13.6. The molecule has 2 aromatic heterocycles. The average Bonchev–Trinajstić information content (AvgIpc) is 3.45. The molecule has 0 radical (unpaired) electrons. The predicted molar refractivity (Wildman–Crippen MR) is 147 cm³/mol. The standard InChI is InChI=1S/C30H26F2N6O2/c31-19-13-30(9-4-11-37(30)15-19)17-40-29-35-26-23-27(36-29)38-12-10-33-14-20(38)16-39-28(23)34-25(24(26)32)22-8-3-6-18-5-1-2-7-21(18)22/h1-3,5-8,10,12,14,19,33H,4,9,11,13,15-17H2/t19-,30+/m1/s1. The van der Waals surface area contributed by atoms with Gasteiger partial charge in [0, 0.05) is 37.1 Å². The summed E-state index contributed by atoms with van der Waals surface area (Å²) in [6.45, 7) is 1.71. The Morgan fingerprint density at radius 2 is 2.02 bits per heavy atom. The molecule has 4 aromatic rings. The molecule has 0 unspecified atom stereocenters. The second-order valence-corrected chi connectivity index (χ2v) is 10.8. The Kier molecular flexibility index (Phi) is 5.22.